The smallest absolute Gasteiger partial charge is 0.137 e. The fourth-order valence-electron chi connectivity index (χ4n) is 7.06. The maximum atomic E-state index is 6.38. The molecule has 0 radical (unpaired) electrons. The molecule has 2 nitrogen and oxygen atoms in total. The zero-order valence-electron chi connectivity index (χ0n) is 24.6. The quantitative estimate of drug-likeness (QED) is 0.194. The van der Waals surface area contributed by atoms with Crippen molar-refractivity contribution in [2.75, 3.05) is 4.90 Å². The fraction of sp³-hybridized carbons (Fsp3) is 0. The summed E-state index contributed by atoms with van der Waals surface area (Å²) in [5, 5.41) is 7.43. The molecule has 216 valence electrons. The molecule has 0 fully saturated rings. The van der Waals surface area contributed by atoms with Gasteiger partial charge in [-0.2, -0.15) is 0 Å². The molecule has 4 heteroatoms. The van der Waals surface area contributed by atoms with E-state index in [0.717, 1.165) is 39.0 Å². The van der Waals surface area contributed by atoms with Gasteiger partial charge in [-0.3, -0.25) is 0 Å². The first kappa shape index (κ1) is 25.9. The molecular weight excluding hydrogens is 599 g/mol. The number of hydrogen-bond acceptors (Lipinski definition) is 4. The minimum absolute atomic E-state index is 0.888. The van der Waals surface area contributed by atoms with Gasteiger partial charge >= 0.3 is 0 Å². The summed E-state index contributed by atoms with van der Waals surface area (Å²) in [5.41, 5.74) is 7.64. The lowest BCUT2D eigenvalue weighted by Gasteiger charge is -2.27. The Morgan fingerprint density at radius 2 is 1.02 bits per heavy atom. The summed E-state index contributed by atoms with van der Waals surface area (Å²) in [6, 6.07) is 54.7. The second kappa shape index (κ2) is 10.0. The van der Waals surface area contributed by atoms with Crippen molar-refractivity contribution in [2.24, 2.45) is 0 Å². The zero-order valence-corrected chi connectivity index (χ0v) is 26.2. The van der Waals surface area contributed by atoms with Crippen LogP contribution in [0.5, 0.6) is 0 Å². The van der Waals surface area contributed by atoms with E-state index in [1.807, 2.05) is 28.7 Å². The Kier molecular flexibility index (Phi) is 5.65. The molecule has 0 unspecified atom stereocenters. The largest absolute Gasteiger partial charge is 0.456 e. The molecule has 10 aromatic rings. The second-order valence-electron chi connectivity index (χ2n) is 11.7. The minimum atomic E-state index is 0.888. The monoisotopic (exact) mass is 623 g/mol. The van der Waals surface area contributed by atoms with Crippen LogP contribution >= 0.6 is 22.7 Å². The van der Waals surface area contributed by atoms with Crippen LogP contribution in [0, 0.1) is 0 Å². The highest BCUT2D eigenvalue weighted by Gasteiger charge is 2.22. The lowest BCUT2D eigenvalue weighted by molar-refractivity contribution is 0.669. The third-order valence-electron chi connectivity index (χ3n) is 9.08. The summed E-state index contributed by atoms with van der Waals surface area (Å²) in [6.45, 7) is 0. The van der Waals surface area contributed by atoms with Crippen molar-refractivity contribution in [1.82, 2.24) is 0 Å². The number of para-hydroxylation sites is 1. The zero-order chi connectivity index (χ0) is 30.2. The van der Waals surface area contributed by atoms with Crippen LogP contribution in [-0.4, -0.2) is 0 Å². The Balaban J connectivity index is 1.22. The van der Waals surface area contributed by atoms with Crippen LogP contribution in [0.15, 0.2) is 156 Å². The summed E-state index contributed by atoms with van der Waals surface area (Å²) in [4.78, 5) is 2.43. The van der Waals surface area contributed by atoms with Crippen molar-refractivity contribution in [3.63, 3.8) is 0 Å². The summed E-state index contributed by atoms with van der Waals surface area (Å²) in [5.74, 6) is 0. The van der Waals surface area contributed by atoms with Gasteiger partial charge in [0.1, 0.15) is 11.2 Å². The van der Waals surface area contributed by atoms with Crippen molar-refractivity contribution in [3.05, 3.63) is 152 Å². The predicted molar refractivity (Wildman–Crippen MR) is 200 cm³/mol. The first-order chi connectivity index (χ1) is 22.8. The lowest BCUT2D eigenvalue weighted by Crippen LogP contribution is -2.10. The number of fused-ring (bicyclic) bond motifs is 9. The van der Waals surface area contributed by atoms with Crippen LogP contribution in [0.4, 0.5) is 17.1 Å². The molecule has 7 aromatic carbocycles. The van der Waals surface area contributed by atoms with Gasteiger partial charge in [0.15, 0.2) is 0 Å². The van der Waals surface area contributed by atoms with Crippen molar-refractivity contribution in [1.29, 1.82) is 0 Å². The van der Waals surface area contributed by atoms with E-state index in [9.17, 15) is 0 Å². The highest BCUT2D eigenvalue weighted by atomic mass is 32.1. The third-order valence-corrected chi connectivity index (χ3v) is 11.4. The number of rotatable bonds is 4. The van der Waals surface area contributed by atoms with Crippen molar-refractivity contribution < 1.29 is 4.42 Å². The Morgan fingerprint density at radius 1 is 0.413 bits per heavy atom. The molecule has 0 aliphatic rings. The molecule has 0 amide bonds. The van der Waals surface area contributed by atoms with Crippen molar-refractivity contribution in [2.45, 2.75) is 0 Å². The van der Waals surface area contributed by atoms with E-state index in [-0.39, 0.29) is 0 Å². The van der Waals surface area contributed by atoms with Crippen LogP contribution in [-0.2, 0) is 0 Å². The van der Waals surface area contributed by atoms with E-state index in [1.54, 1.807) is 0 Å². The molecular formula is C42H25NOS2. The molecule has 0 N–H and O–H groups in total. The van der Waals surface area contributed by atoms with E-state index in [1.165, 1.54) is 51.5 Å². The van der Waals surface area contributed by atoms with Crippen molar-refractivity contribution >= 4 is 102 Å². The second-order valence-corrected chi connectivity index (χ2v) is 13.8. The Bertz CT molecular complexity index is 2650. The Morgan fingerprint density at radius 3 is 1.87 bits per heavy atom. The maximum Gasteiger partial charge on any atom is 0.137 e. The topological polar surface area (TPSA) is 16.4 Å². The van der Waals surface area contributed by atoms with E-state index >= 15 is 0 Å². The molecule has 3 aromatic heterocycles. The highest BCUT2D eigenvalue weighted by Crippen LogP contribution is 2.48. The number of nitrogens with zero attached hydrogens (tertiary/aromatic N) is 1. The van der Waals surface area contributed by atoms with Gasteiger partial charge in [0, 0.05) is 51.4 Å². The maximum absolute atomic E-state index is 6.38. The predicted octanol–water partition coefficient (Wildman–Crippen LogP) is 13.5. The van der Waals surface area contributed by atoms with Gasteiger partial charge in [-0.15, -0.1) is 22.7 Å². The SMILES string of the molecule is c1ccc2c(c1)oc1cccc(N(c3ccc(-c4cccc5c4sc4ccccc45)cc3)c3cccc4sc5ccccc5c34)c12. The molecule has 10 rings (SSSR count). The Hall–Kier alpha value is -5.42. The van der Waals surface area contributed by atoms with E-state index in [4.69, 9.17) is 4.42 Å². The van der Waals surface area contributed by atoms with Gasteiger partial charge in [0.05, 0.1) is 16.8 Å². The van der Waals surface area contributed by atoms with Gasteiger partial charge in [0.25, 0.3) is 0 Å². The van der Waals surface area contributed by atoms with Crippen molar-refractivity contribution in [3.8, 4) is 11.1 Å². The number of furan rings is 1. The van der Waals surface area contributed by atoms with E-state index in [0.29, 0.717) is 0 Å². The summed E-state index contributed by atoms with van der Waals surface area (Å²) in [7, 11) is 0. The molecule has 0 atom stereocenters. The molecule has 0 aliphatic heterocycles. The van der Waals surface area contributed by atoms with Gasteiger partial charge in [-0.25, -0.2) is 0 Å². The van der Waals surface area contributed by atoms with Crippen LogP contribution < -0.4 is 4.90 Å². The van der Waals surface area contributed by atoms with Crippen LogP contribution in [0.2, 0.25) is 0 Å². The fourth-order valence-corrected chi connectivity index (χ4v) is 9.42. The van der Waals surface area contributed by atoms with Gasteiger partial charge in [0.2, 0.25) is 0 Å². The minimum Gasteiger partial charge on any atom is -0.456 e. The average molecular weight is 624 g/mol. The number of thiophene rings is 2. The van der Waals surface area contributed by atoms with Gasteiger partial charge in [-0.1, -0.05) is 97.1 Å². The van der Waals surface area contributed by atoms with Gasteiger partial charge < -0.3 is 9.32 Å². The average Bonchev–Trinajstić information content (AvgIpc) is 3.80. The first-order valence-electron chi connectivity index (χ1n) is 15.4. The molecule has 0 saturated heterocycles. The summed E-state index contributed by atoms with van der Waals surface area (Å²) in [6.07, 6.45) is 0. The molecule has 0 spiro atoms. The number of hydrogen-bond donors (Lipinski definition) is 0. The van der Waals surface area contributed by atoms with Crippen LogP contribution in [0.25, 0.3) is 73.4 Å². The molecule has 0 bridgehead atoms. The van der Waals surface area contributed by atoms with Crippen LogP contribution in [0.3, 0.4) is 0 Å². The molecule has 3 heterocycles. The normalized spacial score (nSPS) is 11.9. The molecule has 0 saturated carbocycles. The van der Waals surface area contributed by atoms with E-state index < -0.39 is 0 Å². The number of anilines is 3. The van der Waals surface area contributed by atoms with E-state index in [2.05, 4.69) is 150 Å². The summed E-state index contributed by atoms with van der Waals surface area (Å²) < 4.78 is 11.6. The highest BCUT2D eigenvalue weighted by molar-refractivity contribution is 7.26. The Labute approximate surface area is 273 Å². The summed E-state index contributed by atoms with van der Waals surface area (Å²) >= 11 is 3.72. The van der Waals surface area contributed by atoms with Crippen LogP contribution in [0.1, 0.15) is 0 Å². The number of benzene rings is 7. The standard InChI is InChI=1S/C42H25NOS2/c1-4-17-35-31(11-1)40-33(15-8-18-36(40)44-35)43(34-16-9-21-39-41(34)32-12-3-6-20-38(32)45-39)27-24-22-26(23-25-27)28-13-7-14-30-29-10-2-5-19-37(29)46-42(28)30/h1-25H. The van der Waals surface area contributed by atoms with Gasteiger partial charge in [-0.05, 0) is 65.7 Å². The first-order valence-corrected chi connectivity index (χ1v) is 17.1. The lowest BCUT2D eigenvalue weighted by atomic mass is 10.0. The molecule has 0 aliphatic carbocycles. The third kappa shape index (κ3) is 3.81. The molecule has 46 heavy (non-hydrogen) atoms.